The molecule has 12 heteroatoms. The first kappa shape index (κ1) is 62.9. The van der Waals surface area contributed by atoms with Gasteiger partial charge in [-0.3, -0.25) is 23.4 Å². The summed E-state index contributed by atoms with van der Waals surface area (Å²) in [6.45, 7) is 4.38. The van der Waals surface area contributed by atoms with Crippen molar-refractivity contribution in [1.82, 2.24) is 0 Å². The maximum atomic E-state index is 12.8. The number of hydrogen-bond acceptors (Lipinski definition) is 10. The second-order valence-electron chi connectivity index (χ2n) is 17.0. The number of aliphatic hydroxyl groups is 1. The van der Waals surface area contributed by atoms with Gasteiger partial charge in [-0.05, 0) is 83.5 Å². The molecule has 11 nitrogen and oxygen atoms in total. The maximum absolute atomic E-state index is 12.8. The van der Waals surface area contributed by atoms with E-state index in [4.69, 9.17) is 23.3 Å². The lowest BCUT2D eigenvalue weighted by molar-refractivity contribution is -0.161. The van der Waals surface area contributed by atoms with Gasteiger partial charge in [0.05, 0.1) is 19.8 Å². The average molecular weight is 949 g/mol. The molecule has 0 radical (unpaired) electrons. The number of ether oxygens (including phenoxy) is 3. The average Bonchev–Trinajstić information content (AvgIpc) is 3.30. The van der Waals surface area contributed by atoms with E-state index in [0.29, 0.717) is 19.3 Å². The Hall–Kier alpha value is -3.08. The third kappa shape index (κ3) is 46.0. The van der Waals surface area contributed by atoms with Crippen LogP contribution in [0.2, 0.25) is 0 Å². The predicted octanol–water partition coefficient (Wildman–Crippen LogP) is 14.6. The molecule has 2 N–H and O–H groups in total. The van der Waals surface area contributed by atoms with Crippen molar-refractivity contribution in [3.8, 4) is 0 Å². The van der Waals surface area contributed by atoms with Crippen molar-refractivity contribution in [2.24, 2.45) is 0 Å². The van der Waals surface area contributed by atoms with Crippen LogP contribution in [-0.4, -0.2) is 66.5 Å². The van der Waals surface area contributed by atoms with E-state index in [1.807, 2.05) is 0 Å². The van der Waals surface area contributed by atoms with Gasteiger partial charge in [-0.1, -0.05) is 184 Å². The monoisotopic (exact) mass is 949 g/mol. The van der Waals surface area contributed by atoms with E-state index in [0.717, 1.165) is 122 Å². The van der Waals surface area contributed by atoms with Crippen LogP contribution in [0.5, 0.6) is 0 Å². The number of carbonyl (C=O) groups excluding carboxylic acids is 3. The van der Waals surface area contributed by atoms with Gasteiger partial charge in [0.2, 0.25) is 0 Å². The van der Waals surface area contributed by atoms with Crippen molar-refractivity contribution in [3.63, 3.8) is 0 Å². The summed E-state index contributed by atoms with van der Waals surface area (Å²) in [4.78, 5) is 48.2. The van der Waals surface area contributed by atoms with E-state index in [9.17, 15) is 28.9 Å². The molecule has 0 aromatic heterocycles. The van der Waals surface area contributed by atoms with Crippen LogP contribution in [0, 0.1) is 0 Å². The third-order valence-corrected chi connectivity index (χ3v) is 11.5. The Morgan fingerprint density at radius 1 is 0.439 bits per heavy atom. The minimum absolute atomic E-state index is 0.138. The summed E-state index contributed by atoms with van der Waals surface area (Å²) < 4.78 is 39.3. The van der Waals surface area contributed by atoms with Gasteiger partial charge >= 0.3 is 25.7 Å². The molecule has 0 aromatic carbocycles. The number of phosphoric ester groups is 1. The van der Waals surface area contributed by atoms with Crippen molar-refractivity contribution in [2.75, 3.05) is 26.4 Å². The Labute approximate surface area is 401 Å². The van der Waals surface area contributed by atoms with Gasteiger partial charge in [0.25, 0.3) is 0 Å². The molecule has 0 saturated heterocycles. The van der Waals surface area contributed by atoms with E-state index in [1.165, 1.54) is 32.1 Å². The number of carbonyl (C=O) groups is 3. The molecule has 3 atom stereocenters. The maximum Gasteiger partial charge on any atom is 0.472 e. The molecule has 0 rings (SSSR count). The summed E-state index contributed by atoms with van der Waals surface area (Å²) in [7, 11) is -4.75. The summed E-state index contributed by atoms with van der Waals surface area (Å²) in [5, 5.41) is 9.76. The number of rotatable bonds is 47. The van der Waals surface area contributed by atoms with E-state index in [2.05, 4.69) is 93.7 Å². The molecular formula is C54H93O11P. The number of hydrogen-bond donors (Lipinski definition) is 2. The van der Waals surface area contributed by atoms with Crippen LogP contribution in [-0.2, 0) is 42.2 Å². The molecule has 0 aliphatic carbocycles. The standard InChI is InChI=1S/C54H93O11P/c1-4-7-10-13-16-19-21-23-24-25-26-28-30-33-36-39-42-45-54(58)65-51(47-61-52(56)43-40-37-34-31-18-15-12-9-6-3)49-63-66(59,60)62-48-50(46-55)64-53(57)44-41-38-35-32-29-27-22-20-17-14-11-8-5-2/h7,10-11,14,16,19-20,22-24,26,28,50-51,55H,4-6,8-9,12-13,15,17-18,21,25,27,29-49H2,1-3H3,(H,59,60)/b10-7-,14-11-,19-16-,22-20-,24-23-,28-26-. The highest BCUT2D eigenvalue weighted by molar-refractivity contribution is 7.47. The fourth-order valence-electron chi connectivity index (χ4n) is 6.68. The normalized spacial score (nSPS) is 14.1. The van der Waals surface area contributed by atoms with Crippen molar-refractivity contribution in [1.29, 1.82) is 0 Å². The smallest absolute Gasteiger partial charge is 0.462 e. The molecular weight excluding hydrogens is 856 g/mol. The lowest BCUT2D eigenvalue weighted by Crippen LogP contribution is -2.30. The Kier molecular flexibility index (Phi) is 46.1. The van der Waals surface area contributed by atoms with E-state index >= 15 is 0 Å². The highest BCUT2D eigenvalue weighted by Gasteiger charge is 2.28. The molecule has 66 heavy (non-hydrogen) atoms. The van der Waals surface area contributed by atoms with Crippen LogP contribution in [0.25, 0.3) is 0 Å². The Balaban J connectivity index is 4.75. The van der Waals surface area contributed by atoms with Gasteiger partial charge in [0, 0.05) is 19.3 Å². The van der Waals surface area contributed by atoms with Crippen LogP contribution in [0.3, 0.4) is 0 Å². The fraction of sp³-hybridized carbons (Fsp3) is 0.722. The van der Waals surface area contributed by atoms with Gasteiger partial charge < -0.3 is 24.2 Å². The SMILES string of the molecule is CC/C=C\C/C=C\C/C=C\C/C=C\CCCCCCC(=O)OC(COC(=O)CCCCCCCCCCC)COP(=O)(O)OCC(CO)OC(=O)CCCCCCC/C=C\C/C=C\CCC. The van der Waals surface area contributed by atoms with Gasteiger partial charge in [0.15, 0.2) is 6.10 Å². The zero-order chi connectivity index (χ0) is 48.4. The van der Waals surface area contributed by atoms with Crippen molar-refractivity contribution < 1.29 is 52.2 Å². The molecule has 0 aliphatic heterocycles. The number of allylic oxidation sites excluding steroid dienone is 12. The molecule has 380 valence electrons. The second-order valence-corrected chi connectivity index (χ2v) is 18.4. The van der Waals surface area contributed by atoms with Crippen molar-refractivity contribution >= 4 is 25.7 Å². The van der Waals surface area contributed by atoms with Crippen LogP contribution < -0.4 is 0 Å². The number of phosphoric acid groups is 1. The molecule has 0 amide bonds. The van der Waals surface area contributed by atoms with E-state index in [-0.39, 0.29) is 25.9 Å². The summed E-state index contributed by atoms with van der Waals surface area (Å²) in [5.74, 6) is -1.51. The first-order valence-electron chi connectivity index (χ1n) is 25.8. The summed E-state index contributed by atoms with van der Waals surface area (Å²) in [5.41, 5.74) is 0. The van der Waals surface area contributed by atoms with Gasteiger partial charge in [0.1, 0.15) is 12.7 Å². The van der Waals surface area contributed by atoms with Gasteiger partial charge in [-0.25, -0.2) is 4.57 Å². The zero-order valence-corrected chi connectivity index (χ0v) is 42.5. The summed E-state index contributed by atoms with van der Waals surface area (Å²) in [6.07, 6.45) is 51.6. The minimum atomic E-state index is -4.75. The van der Waals surface area contributed by atoms with Crippen LogP contribution in [0.1, 0.15) is 213 Å². The molecule has 3 unspecified atom stereocenters. The van der Waals surface area contributed by atoms with Crippen molar-refractivity contribution in [2.45, 2.75) is 226 Å². The van der Waals surface area contributed by atoms with Gasteiger partial charge in [-0.2, -0.15) is 0 Å². The van der Waals surface area contributed by atoms with Crippen molar-refractivity contribution in [3.05, 3.63) is 72.9 Å². The first-order valence-corrected chi connectivity index (χ1v) is 27.3. The Morgan fingerprint density at radius 3 is 1.27 bits per heavy atom. The molecule has 0 aliphatic rings. The summed E-state index contributed by atoms with van der Waals surface area (Å²) in [6, 6.07) is 0. The van der Waals surface area contributed by atoms with Crippen LogP contribution in [0.15, 0.2) is 72.9 Å². The second kappa shape index (κ2) is 48.4. The zero-order valence-electron chi connectivity index (χ0n) is 41.6. The van der Waals surface area contributed by atoms with E-state index in [1.54, 1.807) is 0 Å². The topological polar surface area (TPSA) is 155 Å². The quantitative estimate of drug-likeness (QED) is 0.0197. The Morgan fingerprint density at radius 2 is 0.818 bits per heavy atom. The number of esters is 3. The summed E-state index contributed by atoms with van der Waals surface area (Å²) >= 11 is 0. The van der Waals surface area contributed by atoms with Gasteiger partial charge in [-0.15, -0.1) is 0 Å². The molecule has 0 aromatic rings. The molecule has 0 saturated carbocycles. The minimum Gasteiger partial charge on any atom is -0.462 e. The largest absolute Gasteiger partial charge is 0.472 e. The lowest BCUT2D eigenvalue weighted by Gasteiger charge is -2.21. The predicted molar refractivity (Wildman–Crippen MR) is 270 cm³/mol. The van der Waals surface area contributed by atoms with Crippen LogP contribution in [0.4, 0.5) is 0 Å². The highest BCUT2D eigenvalue weighted by atomic mass is 31.2. The number of unbranched alkanes of at least 4 members (excludes halogenated alkanes) is 18. The van der Waals surface area contributed by atoms with E-state index < -0.39 is 57.8 Å². The number of aliphatic hydroxyl groups excluding tert-OH is 1. The molecule has 0 spiro atoms. The Bertz CT molecular complexity index is 1390. The van der Waals surface area contributed by atoms with Crippen LogP contribution >= 0.6 is 7.82 Å². The highest BCUT2D eigenvalue weighted by Crippen LogP contribution is 2.43. The molecule has 0 heterocycles. The third-order valence-electron chi connectivity index (χ3n) is 10.6. The first-order chi connectivity index (χ1) is 32.2. The lowest BCUT2D eigenvalue weighted by atomic mass is 10.1. The molecule has 0 bridgehead atoms. The molecule has 0 fully saturated rings. The fourth-order valence-corrected chi connectivity index (χ4v) is 7.46.